The molecule has 0 saturated heterocycles. The first-order valence-corrected chi connectivity index (χ1v) is 7.95. The van der Waals surface area contributed by atoms with Gasteiger partial charge in [0.05, 0.1) is 5.71 Å². The van der Waals surface area contributed by atoms with Gasteiger partial charge in [0.25, 0.3) is 5.91 Å². The Morgan fingerprint density at radius 3 is 2.64 bits per heavy atom. The van der Waals surface area contributed by atoms with E-state index >= 15 is 0 Å². The maximum atomic E-state index is 11.9. The fourth-order valence-corrected chi connectivity index (χ4v) is 2.28. The number of nitrogens with one attached hydrogen (secondary N) is 1. The molecule has 0 fully saturated rings. The number of phenolic OH excluding ortho intramolecular Hbond substituents is 2. The molecule has 2 aromatic carbocycles. The Morgan fingerprint density at radius 1 is 1.20 bits per heavy atom. The summed E-state index contributed by atoms with van der Waals surface area (Å²) in [7, 11) is 0. The van der Waals surface area contributed by atoms with E-state index in [1.165, 1.54) is 18.2 Å². The van der Waals surface area contributed by atoms with E-state index in [4.69, 9.17) is 4.74 Å². The third kappa shape index (κ3) is 4.97. The van der Waals surface area contributed by atoms with E-state index in [-0.39, 0.29) is 24.0 Å². The molecule has 0 unspecified atom stereocenters. The lowest BCUT2D eigenvalue weighted by Gasteiger charge is -2.13. The third-order valence-electron chi connectivity index (χ3n) is 3.62. The van der Waals surface area contributed by atoms with Crippen molar-refractivity contribution < 1.29 is 19.7 Å². The molecule has 132 valence electrons. The predicted octanol–water partition coefficient (Wildman–Crippen LogP) is 3.14. The lowest BCUT2D eigenvalue weighted by Crippen LogP contribution is -2.25. The van der Waals surface area contributed by atoms with Gasteiger partial charge < -0.3 is 14.9 Å². The number of hydrogen-bond acceptors (Lipinski definition) is 5. The average Bonchev–Trinajstić information content (AvgIpc) is 2.60. The summed E-state index contributed by atoms with van der Waals surface area (Å²) >= 11 is 0. The second-order valence-electron chi connectivity index (χ2n) is 5.91. The van der Waals surface area contributed by atoms with Crippen LogP contribution in [0.15, 0.2) is 47.6 Å². The second-order valence-corrected chi connectivity index (χ2v) is 5.91. The lowest BCUT2D eigenvalue weighted by atomic mass is 10.0. The highest BCUT2D eigenvalue weighted by molar-refractivity contribution is 6.01. The smallest absolute Gasteiger partial charge is 0.277 e. The minimum absolute atomic E-state index is 0.00213. The molecule has 0 spiro atoms. The minimum Gasteiger partial charge on any atom is -0.508 e. The Labute approximate surface area is 146 Å². The van der Waals surface area contributed by atoms with Crippen LogP contribution in [-0.4, -0.2) is 28.4 Å². The van der Waals surface area contributed by atoms with E-state index in [1.807, 2.05) is 24.3 Å². The van der Waals surface area contributed by atoms with Crippen LogP contribution in [0.1, 0.15) is 37.8 Å². The number of carbonyl (C=O) groups is 1. The third-order valence-corrected chi connectivity index (χ3v) is 3.62. The summed E-state index contributed by atoms with van der Waals surface area (Å²) in [5, 5.41) is 23.2. The molecular formula is C19H22N2O4. The van der Waals surface area contributed by atoms with Gasteiger partial charge in [0, 0.05) is 5.56 Å². The van der Waals surface area contributed by atoms with Crippen LogP contribution in [0.3, 0.4) is 0 Å². The van der Waals surface area contributed by atoms with Crippen LogP contribution in [0.2, 0.25) is 0 Å². The predicted molar refractivity (Wildman–Crippen MR) is 96.2 cm³/mol. The van der Waals surface area contributed by atoms with Crippen LogP contribution in [0.25, 0.3) is 0 Å². The number of hydrazone groups is 1. The number of para-hydroxylation sites is 1. The molecule has 25 heavy (non-hydrogen) atoms. The van der Waals surface area contributed by atoms with Crippen molar-refractivity contribution in [3.8, 4) is 17.2 Å². The number of ether oxygens (including phenoxy) is 1. The Kier molecular flexibility index (Phi) is 6.00. The molecular weight excluding hydrogens is 320 g/mol. The van der Waals surface area contributed by atoms with Gasteiger partial charge in [-0.3, -0.25) is 4.79 Å². The fraction of sp³-hybridized carbons (Fsp3) is 0.263. The quantitative estimate of drug-likeness (QED) is 0.427. The monoisotopic (exact) mass is 342 g/mol. The van der Waals surface area contributed by atoms with Gasteiger partial charge in [-0.05, 0) is 42.7 Å². The minimum atomic E-state index is -0.419. The molecule has 3 N–H and O–H groups in total. The number of carbonyl (C=O) groups excluding carboxylic acids is 1. The van der Waals surface area contributed by atoms with Gasteiger partial charge >= 0.3 is 0 Å². The zero-order valence-electron chi connectivity index (χ0n) is 14.5. The van der Waals surface area contributed by atoms with Crippen LogP contribution in [-0.2, 0) is 4.79 Å². The highest BCUT2D eigenvalue weighted by atomic mass is 16.5. The first-order chi connectivity index (χ1) is 11.9. The SMILES string of the molecule is C/C(=N/NC(=O)COc1ccccc1C(C)C)c1cc(O)ccc1O. The van der Waals surface area contributed by atoms with Crippen molar-refractivity contribution in [2.75, 3.05) is 6.61 Å². The molecule has 0 atom stereocenters. The Morgan fingerprint density at radius 2 is 1.92 bits per heavy atom. The van der Waals surface area contributed by atoms with Crippen molar-refractivity contribution >= 4 is 11.6 Å². The molecule has 0 aliphatic rings. The van der Waals surface area contributed by atoms with E-state index in [0.29, 0.717) is 17.0 Å². The molecule has 0 saturated carbocycles. The largest absolute Gasteiger partial charge is 0.508 e. The summed E-state index contributed by atoms with van der Waals surface area (Å²) in [5.74, 6) is 0.502. The average molecular weight is 342 g/mol. The standard InChI is InChI=1S/C19H22N2O4/c1-12(2)15-6-4-5-7-18(15)25-11-19(24)21-20-13(3)16-10-14(22)8-9-17(16)23/h4-10,12,22-23H,11H2,1-3H3,(H,21,24)/b20-13-. The van der Waals surface area contributed by atoms with Crippen LogP contribution < -0.4 is 10.2 Å². The Bertz CT molecular complexity index is 785. The van der Waals surface area contributed by atoms with Gasteiger partial charge in [-0.15, -0.1) is 0 Å². The van der Waals surface area contributed by atoms with E-state index in [2.05, 4.69) is 24.4 Å². The maximum absolute atomic E-state index is 11.9. The molecule has 0 radical (unpaired) electrons. The highest BCUT2D eigenvalue weighted by Crippen LogP contribution is 2.25. The van der Waals surface area contributed by atoms with Gasteiger partial charge in [0.2, 0.25) is 0 Å². The van der Waals surface area contributed by atoms with Gasteiger partial charge in [-0.1, -0.05) is 32.0 Å². The molecule has 2 rings (SSSR count). The Hall–Kier alpha value is -3.02. The van der Waals surface area contributed by atoms with Gasteiger partial charge in [0.15, 0.2) is 6.61 Å². The van der Waals surface area contributed by atoms with Crippen molar-refractivity contribution in [1.29, 1.82) is 0 Å². The van der Waals surface area contributed by atoms with Crippen molar-refractivity contribution in [1.82, 2.24) is 5.43 Å². The second kappa shape index (κ2) is 8.19. The zero-order valence-corrected chi connectivity index (χ0v) is 14.5. The molecule has 0 aliphatic carbocycles. The summed E-state index contributed by atoms with van der Waals surface area (Å²) < 4.78 is 5.57. The van der Waals surface area contributed by atoms with Gasteiger partial charge in [0.1, 0.15) is 17.2 Å². The zero-order chi connectivity index (χ0) is 18.4. The molecule has 0 aromatic heterocycles. The number of amides is 1. The molecule has 1 amide bonds. The van der Waals surface area contributed by atoms with Gasteiger partial charge in [-0.2, -0.15) is 5.10 Å². The molecule has 6 heteroatoms. The number of nitrogens with zero attached hydrogens (tertiary/aromatic N) is 1. The van der Waals surface area contributed by atoms with Crippen LogP contribution >= 0.6 is 0 Å². The highest BCUT2D eigenvalue weighted by Gasteiger charge is 2.10. The van der Waals surface area contributed by atoms with E-state index < -0.39 is 5.91 Å². The number of hydrogen-bond donors (Lipinski definition) is 3. The first-order valence-electron chi connectivity index (χ1n) is 7.95. The van der Waals surface area contributed by atoms with Crippen molar-refractivity contribution in [3.63, 3.8) is 0 Å². The lowest BCUT2D eigenvalue weighted by molar-refractivity contribution is -0.123. The molecule has 0 aliphatic heterocycles. The first kappa shape index (κ1) is 18.3. The summed E-state index contributed by atoms with van der Waals surface area (Å²) in [4.78, 5) is 11.9. The van der Waals surface area contributed by atoms with Crippen molar-refractivity contribution in [2.24, 2.45) is 5.10 Å². The van der Waals surface area contributed by atoms with E-state index in [0.717, 1.165) is 5.56 Å². The summed E-state index contributed by atoms with van der Waals surface area (Å²) in [6.07, 6.45) is 0. The van der Waals surface area contributed by atoms with Crippen molar-refractivity contribution in [3.05, 3.63) is 53.6 Å². The van der Waals surface area contributed by atoms with Crippen LogP contribution in [0.4, 0.5) is 0 Å². The summed E-state index contributed by atoms with van der Waals surface area (Å²) in [6.45, 7) is 5.55. The fourth-order valence-electron chi connectivity index (χ4n) is 2.28. The number of aromatic hydroxyl groups is 2. The maximum Gasteiger partial charge on any atom is 0.277 e. The topological polar surface area (TPSA) is 91.2 Å². The number of rotatable bonds is 6. The molecule has 0 heterocycles. The summed E-state index contributed by atoms with van der Waals surface area (Å²) in [6, 6.07) is 11.7. The van der Waals surface area contributed by atoms with Crippen LogP contribution in [0.5, 0.6) is 17.2 Å². The van der Waals surface area contributed by atoms with E-state index in [9.17, 15) is 15.0 Å². The summed E-state index contributed by atoms with van der Waals surface area (Å²) in [5.41, 5.74) is 4.11. The van der Waals surface area contributed by atoms with Crippen molar-refractivity contribution in [2.45, 2.75) is 26.7 Å². The van der Waals surface area contributed by atoms with Crippen LogP contribution in [0, 0.1) is 0 Å². The molecule has 2 aromatic rings. The molecule has 0 bridgehead atoms. The van der Waals surface area contributed by atoms with E-state index in [1.54, 1.807) is 6.92 Å². The number of benzene rings is 2. The molecule has 6 nitrogen and oxygen atoms in total. The normalized spacial score (nSPS) is 11.4. The van der Waals surface area contributed by atoms with Gasteiger partial charge in [-0.25, -0.2) is 5.43 Å². The number of phenols is 2. The Balaban J connectivity index is 1.98.